The van der Waals surface area contributed by atoms with Gasteiger partial charge in [0.2, 0.25) is 29.5 Å². The quantitative estimate of drug-likeness (QED) is 0.101. The average molecular weight is 771 g/mol. The number of carboxylic acids is 1. The molecule has 14 heteroatoms. The number of carbonyl (C=O) groups excluding carboxylic acids is 5. The van der Waals surface area contributed by atoms with Crippen LogP contribution in [0.25, 0.3) is 0 Å². The highest BCUT2D eigenvalue weighted by Gasteiger charge is 2.37. The SMILES string of the molecule is CCC(C)C(NC(=O)C(Cc1ccc(O)cc1)NC(=O)C(CN)C(C)C)C(=O)NC1Cc2ccccc2CN(CC(=O)NC(Cc2ccccc2)C(=O)O)C1=O. The summed E-state index contributed by atoms with van der Waals surface area (Å²) in [7, 11) is 0. The molecule has 8 N–H and O–H groups in total. The van der Waals surface area contributed by atoms with E-state index in [1.54, 1.807) is 55.5 Å². The second-order valence-corrected chi connectivity index (χ2v) is 14.8. The van der Waals surface area contributed by atoms with Crippen molar-refractivity contribution in [3.63, 3.8) is 0 Å². The molecule has 0 spiro atoms. The lowest BCUT2D eigenvalue weighted by atomic mass is 9.93. The molecule has 3 aromatic carbocycles. The third kappa shape index (κ3) is 11.9. The van der Waals surface area contributed by atoms with Crippen molar-refractivity contribution >= 4 is 35.5 Å². The third-order valence-electron chi connectivity index (χ3n) is 10.3. The second kappa shape index (κ2) is 20.2. The summed E-state index contributed by atoms with van der Waals surface area (Å²) < 4.78 is 0. The number of nitrogens with two attached hydrogens (primary N) is 1. The topological polar surface area (TPSA) is 220 Å². The predicted molar refractivity (Wildman–Crippen MR) is 210 cm³/mol. The van der Waals surface area contributed by atoms with E-state index in [1.165, 1.54) is 17.0 Å². The summed E-state index contributed by atoms with van der Waals surface area (Å²) in [5.41, 5.74) is 8.81. The van der Waals surface area contributed by atoms with Crippen LogP contribution >= 0.6 is 0 Å². The molecule has 6 atom stereocenters. The standard InChI is InChI=1S/C42H54N6O8/c1-5-26(4)37(47-39(52)33(19-28-15-17-31(49)18-16-28)45-38(51)32(22-43)25(2)3)40(53)46-34-21-29-13-9-10-14-30(29)23-48(41(34)54)24-36(50)44-35(42(55)56)20-27-11-7-6-8-12-27/h6-18,25-26,32-35,37,49H,5,19-24,43H2,1-4H3,(H,44,50)(H,45,51)(H,46,53)(H,47,52)(H,55,56). The van der Waals surface area contributed by atoms with Gasteiger partial charge in [0.15, 0.2) is 0 Å². The molecule has 0 fully saturated rings. The third-order valence-corrected chi connectivity index (χ3v) is 10.3. The number of aromatic hydroxyl groups is 1. The molecule has 3 aromatic rings. The average Bonchev–Trinajstić information content (AvgIpc) is 3.29. The van der Waals surface area contributed by atoms with Crippen molar-refractivity contribution in [2.24, 2.45) is 23.5 Å². The summed E-state index contributed by atoms with van der Waals surface area (Å²) in [6.45, 7) is 7.02. The number of carbonyl (C=O) groups is 6. The van der Waals surface area contributed by atoms with Gasteiger partial charge in [-0.05, 0) is 46.2 Å². The fourth-order valence-electron chi connectivity index (χ4n) is 6.69. The predicted octanol–water partition coefficient (Wildman–Crippen LogP) is 2.06. The Morgan fingerprint density at radius 3 is 2.00 bits per heavy atom. The second-order valence-electron chi connectivity index (χ2n) is 14.8. The maximum absolute atomic E-state index is 14.2. The summed E-state index contributed by atoms with van der Waals surface area (Å²) >= 11 is 0. The molecule has 56 heavy (non-hydrogen) atoms. The van der Waals surface area contributed by atoms with Gasteiger partial charge in [0, 0.05) is 32.4 Å². The van der Waals surface area contributed by atoms with Crippen LogP contribution < -0.4 is 27.0 Å². The molecule has 0 aromatic heterocycles. The molecule has 5 amide bonds. The molecule has 300 valence electrons. The van der Waals surface area contributed by atoms with Crippen LogP contribution in [0, 0.1) is 17.8 Å². The molecule has 0 radical (unpaired) electrons. The summed E-state index contributed by atoms with van der Waals surface area (Å²) in [5, 5.41) is 30.7. The molecule has 1 aliphatic heterocycles. The number of nitrogens with one attached hydrogen (secondary N) is 4. The number of rotatable bonds is 18. The zero-order chi connectivity index (χ0) is 40.9. The summed E-state index contributed by atoms with van der Waals surface area (Å²) in [6.07, 6.45) is 0.703. The van der Waals surface area contributed by atoms with Gasteiger partial charge in [-0.1, -0.05) is 101 Å². The Labute approximate surface area is 327 Å². The van der Waals surface area contributed by atoms with Gasteiger partial charge in [0.25, 0.3) is 0 Å². The first-order valence-corrected chi connectivity index (χ1v) is 19.0. The van der Waals surface area contributed by atoms with Gasteiger partial charge in [-0.15, -0.1) is 0 Å². The van der Waals surface area contributed by atoms with Crippen molar-refractivity contribution < 1.29 is 39.0 Å². The molecule has 14 nitrogen and oxygen atoms in total. The lowest BCUT2D eigenvalue weighted by Crippen LogP contribution is -2.60. The van der Waals surface area contributed by atoms with Crippen LogP contribution in [-0.4, -0.2) is 87.9 Å². The van der Waals surface area contributed by atoms with E-state index in [2.05, 4.69) is 21.3 Å². The maximum Gasteiger partial charge on any atom is 0.326 e. The molecule has 0 saturated heterocycles. The number of nitrogens with zero attached hydrogens (tertiary/aromatic N) is 1. The van der Waals surface area contributed by atoms with Gasteiger partial charge < -0.3 is 42.1 Å². The first kappa shape index (κ1) is 43.0. The molecule has 0 saturated carbocycles. The Bertz CT molecular complexity index is 1840. The van der Waals surface area contributed by atoms with Crippen LogP contribution in [0.4, 0.5) is 0 Å². The fraction of sp³-hybridized carbons (Fsp3) is 0.429. The van der Waals surface area contributed by atoms with Crippen molar-refractivity contribution in [3.05, 3.63) is 101 Å². The van der Waals surface area contributed by atoms with Crippen molar-refractivity contribution in [3.8, 4) is 5.75 Å². The van der Waals surface area contributed by atoms with Gasteiger partial charge in [-0.2, -0.15) is 0 Å². The maximum atomic E-state index is 14.2. The highest BCUT2D eigenvalue weighted by molar-refractivity contribution is 5.96. The van der Waals surface area contributed by atoms with Crippen molar-refractivity contribution in [1.29, 1.82) is 0 Å². The molecule has 4 rings (SSSR count). The Kier molecular flexibility index (Phi) is 15.5. The van der Waals surface area contributed by atoms with E-state index in [4.69, 9.17) is 5.73 Å². The van der Waals surface area contributed by atoms with Crippen LogP contribution in [0.2, 0.25) is 0 Å². The minimum atomic E-state index is -1.23. The number of amides is 5. The summed E-state index contributed by atoms with van der Waals surface area (Å²) in [4.78, 5) is 82.3. The van der Waals surface area contributed by atoms with Crippen LogP contribution in [0.3, 0.4) is 0 Å². The van der Waals surface area contributed by atoms with Gasteiger partial charge in [0.05, 0.1) is 12.5 Å². The van der Waals surface area contributed by atoms with Gasteiger partial charge in [-0.25, -0.2) is 4.79 Å². The molecular weight excluding hydrogens is 716 g/mol. The number of carboxylic acid groups (broad SMARTS) is 1. The number of benzene rings is 3. The van der Waals surface area contributed by atoms with E-state index in [9.17, 15) is 39.0 Å². The van der Waals surface area contributed by atoms with E-state index in [0.717, 1.165) is 16.7 Å². The van der Waals surface area contributed by atoms with Gasteiger partial charge >= 0.3 is 5.97 Å². The minimum absolute atomic E-state index is 0.0395. The number of phenolic OH excluding ortho intramolecular Hbond substituents is 1. The van der Waals surface area contributed by atoms with E-state index in [0.29, 0.717) is 12.0 Å². The van der Waals surface area contributed by atoms with Crippen LogP contribution in [0.15, 0.2) is 78.9 Å². The zero-order valence-corrected chi connectivity index (χ0v) is 32.4. The lowest BCUT2D eigenvalue weighted by molar-refractivity contribution is -0.143. The Balaban J connectivity index is 1.55. The van der Waals surface area contributed by atoms with E-state index < -0.39 is 78.1 Å². The number of phenols is 1. The largest absolute Gasteiger partial charge is 0.508 e. The fourth-order valence-corrected chi connectivity index (χ4v) is 6.69. The highest BCUT2D eigenvalue weighted by Crippen LogP contribution is 2.21. The molecular formula is C42H54N6O8. The molecule has 1 aliphatic rings. The van der Waals surface area contributed by atoms with E-state index in [1.807, 2.05) is 39.0 Å². The molecule has 0 bridgehead atoms. The highest BCUT2D eigenvalue weighted by atomic mass is 16.4. The Hall–Kier alpha value is -5.76. The van der Waals surface area contributed by atoms with Crippen molar-refractivity contribution in [2.45, 2.75) is 84.1 Å². The number of hydrogen-bond acceptors (Lipinski definition) is 8. The van der Waals surface area contributed by atoms with E-state index >= 15 is 0 Å². The van der Waals surface area contributed by atoms with Crippen molar-refractivity contribution in [2.75, 3.05) is 13.1 Å². The normalized spacial score (nSPS) is 16.6. The van der Waals surface area contributed by atoms with E-state index in [-0.39, 0.29) is 44.0 Å². The number of fused-ring (bicyclic) bond motifs is 1. The van der Waals surface area contributed by atoms with Crippen LogP contribution in [0.1, 0.15) is 56.4 Å². The lowest BCUT2D eigenvalue weighted by Gasteiger charge is -2.30. The summed E-state index contributed by atoms with van der Waals surface area (Å²) in [6, 6.07) is 17.8. The number of aliphatic carboxylic acids is 1. The first-order valence-electron chi connectivity index (χ1n) is 19.0. The number of hydrogen-bond donors (Lipinski definition) is 7. The van der Waals surface area contributed by atoms with Crippen molar-refractivity contribution in [1.82, 2.24) is 26.2 Å². The summed E-state index contributed by atoms with van der Waals surface area (Å²) in [5.74, 6) is -5.12. The smallest absolute Gasteiger partial charge is 0.326 e. The monoisotopic (exact) mass is 770 g/mol. The zero-order valence-electron chi connectivity index (χ0n) is 32.4. The Morgan fingerprint density at radius 2 is 1.39 bits per heavy atom. The molecule has 0 aliphatic carbocycles. The molecule has 6 unspecified atom stereocenters. The minimum Gasteiger partial charge on any atom is -0.508 e. The van der Waals surface area contributed by atoms with Crippen LogP contribution in [0.5, 0.6) is 5.75 Å². The molecule has 1 heterocycles. The van der Waals surface area contributed by atoms with Crippen LogP contribution in [-0.2, 0) is 54.6 Å². The van der Waals surface area contributed by atoms with Gasteiger partial charge in [0.1, 0.15) is 29.9 Å². The Morgan fingerprint density at radius 1 is 0.786 bits per heavy atom. The van der Waals surface area contributed by atoms with Gasteiger partial charge in [-0.3, -0.25) is 24.0 Å². The first-order chi connectivity index (χ1) is 26.7.